The van der Waals surface area contributed by atoms with E-state index in [4.69, 9.17) is 4.74 Å². The minimum absolute atomic E-state index is 0.321. The average molecular weight is 302 g/mol. The average Bonchev–Trinajstić information content (AvgIpc) is 2.74. The molecule has 2 N–H and O–H groups in total. The standard InChI is InChI=1S/C15H30N2O2S/c1-5-20-13-9-6-8-12(13)16-10-7-11-17-14(18)19-15(2,3)4/h12-13,16H,5-11H2,1-4H3,(H,17,18). The largest absolute Gasteiger partial charge is 0.444 e. The second-order valence-corrected chi connectivity index (χ2v) is 7.78. The summed E-state index contributed by atoms with van der Waals surface area (Å²) in [6.45, 7) is 9.48. The van der Waals surface area contributed by atoms with Crippen LogP contribution in [-0.2, 0) is 4.74 Å². The van der Waals surface area contributed by atoms with Gasteiger partial charge in [0.05, 0.1) is 0 Å². The molecular formula is C15H30N2O2S. The van der Waals surface area contributed by atoms with Gasteiger partial charge >= 0.3 is 6.09 Å². The molecule has 0 aliphatic heterocycles. The van der Waals surface area contributed by atoms with Crippen LogP contribution in [0.25, 0.3) is 0 Å². The molecule has 1 fully saturated rings. The van der Waals surface area contributed by atoms with Crippen molar-refractivity contribution < 1.29 is 9.53 Å². The van der Waals surface area contributed by atoms with Gasteiger partial charge < -0.3 is 15.4 Å². The first-order valence-corrected chi connectivity index (χ1v) is 8.79. The van der Waals surface area contributed by atoms with Crippen molar-refractivity contribution in [1.29, 1.82) is 0 Å². The maximum atomic E-state index is 11.5. The molecule has 1 rings (SSSR count). The fraction of sp³-hybridized carbons (Fsp3) is 0.933. The van der Waals surface area contributed by atoms with Crippen molar-refractivity contribution in [2.24, 2.45) is 0 Å². The Bertz CT molecular complexity index is 292. The van der Waals surface area contributed by atoms with Gasteiger partial charge in [0.1, 0.15) is 5.60 Å². The van der Waals surface area contributed by atoms with Crippen molar-refractivity contribution in [3.63, 3.8) is 0 Å². The zero-order valence-corrected chi connectivity index (χ0v) is 14.1. The van der Waals surface area contributed by atoms with Crippen LogP contribution in [0.4, 0.5) is 4.79 Å². The first-order valence-electron chi connectivity index (χ1n) is 7.74. The fourth-order valence-corrected chi connectivity index (χ4v) is 3.68. The third-order valence-corrected chi connectivity index (χ3v) is 4.59. The Morgan fingerprint density at radius 1 is 1.30 bits per heavy atom. The molecule has 1 aliphatic rings. The molecule has 0 bridgehead atoms. The Labute approximate surface area is 127 Å². The molecule has 1 amide bonds. The lowest BCUT2D eigenvalue weighted by molar-refractivity contribution is 0.0527. The number of alkyl carbamates (subject to hydrolysis) is 1. The number of rotatable bonds is 7. The van der Waals surface area contributed by atoms with Crippen molar-refractivity contribution in [1.82, 2.24) is 10.6 Å². The van der Waals surface area contributed by atoms with Crippen molar-refractivity contribution in [3.05, 3.63) is 0 Å². The van der Waals surface area contributed by atoms with Crippen molar-refractivity contribution >= 4 is 17.9 Å². The topological polar surface area (TPSA) is 50.4 Å². The highest BCUT2D eigenvalue weighted by atomic mass is 32.2. The van der Waals surface area contributed by atoms with E-state index in [2.05, 4.69) is 29.3 Å². The van der Waals surface area contributed by atoms with E-state index in [-0.39, 0.29) is 6.09 Å². The lowest BCUT2D eigenvalue weighted by atomic mass is 10.2. The van der Waals surface area contributed by atoms with Gasteiger partial charge in [-0.25, -0.2) is 4.79 Å². The second-order valence-electron chi connectivity index (χ2n) is 6.27. The van der Waals surface area contributed by atoms with Crippen molar-refractivity contribution in [3.8, 4) is 0 Å². The Hall–Kier alpha value is -0.420. The van der Waals surface area contributed by atoms with Crippen LogP contribution in [0.2, 0.25) is 0 Å². The Kier molecular flexibility index (Phi) is 7.74. The van der Waals surface area contributed by atoms with Crippen molar-refractivity contribution in [2.45, 2.75) is 70.3 Å². The van der Waals surface area contributed by atoms with Crippen molar-refractivity contribution in [2.75, 3.05) is 18.8 Å². The van der Waals surface area contributed by atoms with Gasteiger partial charge in [-0.3, -0.25) is 0 Å². The lowest BCUT2D eigenvalue weighted by Gasteiger charge is -2.21. The normalized spacial score (nSPS) is 22.8. The molecule has 118 valence electrons. The van der Waals surface area contributed by atoms with E-state index in [0.29, 0.717) is 12.6 Å². The zero-order valence-electron chi connectivity index (χ0n) is 13.3. The SMILES string of the molecule is CCSC1CCCC1NCCCNC(=O)OC(C)(C)C. The van der Waals surface area contributed by atoms with Crippen LogP contribution in [0.5, 0.6) is 0 Å². The van der Waals surface area contributed by atoms with Gasteiger partial charge in [-0.2, -0.15) is 11.8 Å². The van der Waals surface area contributed by atoms with Crippen LogP contribution in [-0.4, -0.2) is 41.8 Å². The molecule has 1 saturated carbocycles. The summed E-state index contributed by atoms with van der Waals surface area (Å²) >= 11 is 2.07. The number of ether oxygens (including phenoxy) is 1. The van der Waals surface area contributed by atoms with E-state index >= 15 is 0 Å². The van der Waals surface area contributed by atoms with Crippen LogP contribution < -0.4 is 10.6 Å². The third-order valence-electron chi connectivity index (χ3n) is 3.26. The smallest absolute Gasteiger partial charge is 0.407 e. The molecule has 2 atom stereocenters. The van der Waals surface area contributed by atoms with Crippen LogP contribution >= 0.6 is 11.8 Å². The Morgan fingerprint density at radius 3 is 2.70 bits per heavy atom. The van der Waals surface area contributed by atoms with Gasteiger partial charge in [0, 0.05) is 17.8 Å². The summed E-state index contributed by atoms with van der Waals surface area (Å²) in [5, 5.41) is 7.20. The quantitative estimate of drug-likeness (QED) is 0.709. The number of hydrogen-bond acceptors (Lipinski definition) is 4. The molecule has 0 heterocycles. The van der Waals surface area contributed by atoms with Gasteiger partial charge in [0.25, 0.3) is 0 Å². The summed E-state index contributed by atoms with van der Waals surface area (Å²) in [5.41, 5.74) is -0.420. The third kappa shape index (κ3) is 7.39. The van der Waals surface area contributed by atoms with E-state index in [1.54, 1.807) is 0 Å². The maximum Gasteiger partial charge on any atom is 0.407 e. The molecule has 0 aromatic carbocycles. The van der Waals surface area contributed by atoms with Crippen LogP contribution in [0.15, 0.2) is 0 Å². The van der Waals surface area contributed by atoms with Gasteiger partial charge in [0.15, 0.2) is 0 Å². The van der Waals surface area contributed by atoms with E-state index in [0.717, 1.165) is 18.2 Å². The minimum atomic E-state index is -0.420. The molecule has 0 aromatic heterocycles. The number of thioether (sulfide) groups is 1. The highest BCUT2D eigenvalue weighted by molar-refractivity contribution is 7.99. The molecule has 0 radical (unpaired) electrons. The van der Waals surface area contributed by atoms with E-state index in [1.807, 2.05) is 20.8 Å². The fourth-order valence-electron chi connectivity index (χ4n) is 2.45. The maximum absolute atomic E-state index is 11.5. The molecule has 1 aliphatic carbocycles. The first-order chi connectivity index (χ1) is 9.42. The number of carbonyl (C=O) groups is 1. The molecule has 0 saturated heterocycles. The number of amides is 1. The Morgan fingerprint density at radius 2 is 2.05 bits per heavy atom. The zero-order chi connectivity index (χ0) is 15.0. The van der Waals surface area contributed by atoms with Crippen LogP contribution in [0.3, 0.4) is 0 Å². The molecular weight excluding hydrogens is 272 g/mol. The number of nitrogens with one attached hydrogen (secondary N) is 2. The predicted molar refractivity (Wildman–Crippen MR) is 86.4 cm³/mol. The van der Waals surface area contributed by atoms with Gasteiger partial charge in [0.2, 0.25) is 0 Å². The molecule has 0 spiro atoms. The van der Waals surface area contributed by atoms with Gasteiger partial charge in [-0.05, 0) is 52.3 Å². The number of hydrogen-bond donors (Lipinski definition) is 2. The van der Waals surface area contributed by atoms with E-state index in [9.17, 15) is 4.79 Å². The molecule has 20 heavy (non-hydrogen) atoms. The molecule has 0 aromatic rings. The van der Waals surface area contributed by atoms with Gasteiger partial charge in [-0.1, -0.05) is 13.3 Å². The second kappa shape index (κ2) is 8.78. The summed E-state index contributed by atoms with van der Waals surface area (Å²) in [6, 6.07) is 0.654. The summed E-state index contributed by atoms with van der Waals surface area (Å²) in [5.74, 6) is 1.20. The number of carbonyl (C=O) groups excluding carboxylic acids is 1. The monoisotopic (exact) mass is 302 g/mol. The molecule has 5 heteroatoms. The molecule has 4 nitrogen and oxygen atoms in total. The highest BCUT2D eigenvalue weighted by Gasteiger charge is 2.26. The van der Waals surface area contributed by atoms with E-state index in [1.165, 1.54) is 25.0 Å². The van der Waals surface area contributed by atoms with Crippen LogP contribution in [0, 0.1) is 0 Å². The van der Waals surface area contributed by atoms with Crippen LogP contribution in [0.1, 0.15) is 53.4 Å². The minimum Gasteiger partial charge on any atom is -0.444 e. The predicted octanol–water partition coefficient (Wildman–Crippen LogP) is 3.17. The summed E-state index contributed by atoms with van der Waals surface area (Å²) in [6.07, 6.45) is 4.59. The first kappa shape index (κ1) is 17.6. The van der Waals surface area contributed by atoms with E-state index < -0.39 is 5.60 Å². The summed E-state index contributed by atoms with van der Waals surface area (Å²) in [7, 11) is 0. The lowest BCUT2D eigenvalue weighted by Crippen LogP contribution is -2.37. The highest BCUT2D eigenvalue weighted by Crippen LogP contribution is 2.29. The summed E-state index contributed by atoms with van der Waals surface area (Å²) in [4.78, 5) is 11.5. The molecule has 2 unspecified atom stereocenters. The Balaban J connectivity index is 2.06. The van der Waals surface area contributed by atoms with Gasteiger partial charge in [-0.15, -0.1) is 0 Å². The summed E-state index contributed by atoms with van der Waals surface area (Å²) < 4.78 is 5.19.